The van der Waals surface area contributed by atoms with Crippen molar-refractivity contribution >= 4 is 6.21 Å². The van der Waals surface area contributed by atoms with Crippen molar-refractivity contribution in [2.24, 2.45) is 4.99 Å². The maximum absolute atomic E-state index is 5.00. The maximum Gasteiger partial charge on any atom is 0.0275 e. The molecule has 9 heavy (non-hydrogen) atoms. The second-order valence-corrected chi connectivity index (χ2v) is 1.39. The Morgan fingerprint density at radius 3 is 2.89 bits per heavy atom. The van der Waals surface area contributed by atoms with Gasteiger partial charge in [-0.3, -0.25) is 4.99 Å². The van der Waals surface area contributed by atoms with E-state index in [-0.39, 0.29) is 0 Å². The molecule has 0 aromatic rings. The quantitative estimate of drug-likeness (QED) is 0.298. The van der Waals surface area contributed by atoms with Crippen molar-refractivity contribution in [3.05, 3.63) is 24.4 Å². The van der Waals surface area contributed by atoms with E-state index in [0.717, 1.165) is 0 Å². The summed E-state index contributed by atoms with van der Waals surface area (Å²) in [5, 5.41) is 0. The average molecular weight is 119 g/mol. The van der Waals surface area contributed by atoms with E-state index in [4.69, 9.17) is 6.42 Å². The summed E-state index contributed by atoms with van der Waals surface area (Å²) < 4.78 is 0. The van der Waals surface area contributed by atoms with E-state index >= 15 is 0 Å². The molecule has 1 nitrogen and oxygen atoms in total. The summed E-state index contributed by atoms with van der Waals surface area (Å²) in [4.78, 5) is 3.80. The van der Waals surface area contributed by atoms with E-state index in [1.54, 1.807) is 18.5 Å². The molecule has 0 saturated heterocycles. The number of rotatable bonds is 2. The molecule has 0 bridgehead atoms. The Morgan fingerprint density at radius 2 is 2.44 bits per heavy atom. The Hall–Kier alpha value is -1.29. The summed E-state index contributed by atoms with van der Waals surface area (Å²) in [5.41, 5.74) is 0.639. The maximum atomic E-state index is 5.00. The Morgan fingerprint density at radius 1 is 1.78 bits per heavy atom. The van der Waals surface area contributed by atoms with Crippen molar-refractivity contribution in [1.29, 1.82) is 0 Å². The lowest BCUT2D eigenvalue weighted by Gasteiger charge is -1.78. The third-order valence-electron chi connectivity index (χ3n) is 0.696. The second-order valence-electron chi connectivity index (χ2n) is 1.39. The first-order valence-electron chi connectivity index (χ1n) is 2.61. The normalized spacial score (nSPS) is 10.2. The molecule has 0 radical (unpaired) electrons. The van der Waals surface area contributed by atoms with E-state index in [1.165, 1.54) is 0 Å². The zero-order valence-corrected chi connectivity index (χ0v) is 5.46. The number of hydrogen-bond donors (Lipinski definition) is 0. The Kier molecular flexibility index (Phi) is 4.16. The zero-order chi connectivity index (χ0) is 7.11. The highest BCUT2D eigenvalue weighted by atomic mass is 14.6. The van der Waals surface area contributed by atoms with Crippen LogP contribution >= 0.6 is 0 Å². The highest BCUT2D eigenvalue weighted by molar-refractivity contribution is 5.54. The van der Waals surface area contributed by atoms with Crippen LogP contribution in [0.4, 0.5) is 0 Å². The van der Waals surface area contributed by atoms with Gasteiger partial charge in [-0.05, 0) is 13.0 Å². The largest absolute Gasteiger partial charge is 0.269 e. The van der Waals surface area contributed by atoms with Crippen LogP contribution in [0.5, 0.6) is 0 Å². The van der Waals surface area contributed by atoms with Crippen LogP contribution in [-0.4, -0.2) is 6.21 Å². The minimum atomic E-state index is 0.639. The predicted molar refractivity (Wildman–Crippen MR) is 41.3 cm³/mol. The Bertz CT molecular complexity index is 179. The lowest BCUT2D eigenvalue weighted by atomic mass is 10.3. The molecule has 0 unspecified atom stereocenters. The van der Waals surface area contributed by atoms with Gasteiger partial charge in [-0.2, -0.15) is 0 Å². The van der Waals surface area contributed by atoms with Gasteiger partial charge in [0.05, 0.1) is 0 Å². The number of aliphatic imine (C=N–C) groups is 1. The SMILES string of the molecule is C#CC(=C)/C=C\N=CC. The molecular weight excluding hydrogens is 110 g/mol. The molecule has 0 aromatic carbocycles. The van der Waals surface area contributed by atoms with Crippen molar-refractivity contribution in [2.75, 3.05) is 0 Å². The van der Waals surface area contributed by atoms with Crippen LogP contribution in [0.2, 0.25) is 0 Å². The molecule has 0 aliphatic rings. The smallest absolute Gasteiger partial charge is 0.0275 e. The van der Waals surface area contributed by atoms with E-state index in [1.807, 2.05) is 6.92 Å². The standard InChI is InChI=1S/C8H9N/c1-4-8(3)6-7-9-5-2/h1,5-7H,3H2,2H3/b7-6-,9-5?. The zero-order valence-electron chi connectivity index (χ0n) is 5.46. The van der Waals surface area contributed by atoms with Crippen molar-refractivity contribution in [3.63, 3.8) is 0 Å². The molecule has 0 atom stereocenters. The molecule has 0 aliphatic carbocycles. The first-order chi connectivity index (χ1) is 4.31. The van der Waals surface area contributed by atoms with Crippen LogP contribution in [0.3, 0.4) is 0 Å². The van der Waals surface area contributed by atoms with Crippen LogP contribution in [0.15, 0.2) is 29.4 Å². The van der Waals surface area contributed by atoms with Gasteiger partial charge in [-0.15, -0.1) is 6.42 Å². The second kappa shape index (κ2) is 4.86. The van der Waals surface area contributed by atoms with Crippen molar-refractivity contribution in [3.8, 4) is 12.3 Å². The number of terminal acetylenes is 1. The van der Waals surface area contributed by atoms with E-state index in [0.29, 0.717) is 5.57 Å². The molecule has 0 rings (SSSR count). The molecule has 46 valence electrons. The molecule has 0 N–H and O–H groups in total. The molecule has 0 heterocycles. The highest BCUT2D eigenvalue weighted by Crippen LogP contribution is 1.87. The van der Waals surface area contributed by atoms with Crippen molar-refractivity contribution in [2.45, 2.75) is 6.92 Å². The molecule has 0 saturated carbocycles. The van der Waals surface area contributed by atoms with Crippen LogP contribution in [-0.2, 0) is 0 Å². The molecule has 0 amide bonds. The predicted octanol–water partition coefficient (Wildman–Crippen LogP) is 1.78. The van der Waals surface area contributed by atoms with Crippen LogP contribution in [0.25, 0.3) is 0 Å². The summed E-state index contributed by atoms with van der Waals surface area (Å²) in [6, 6.07) is 0. The molecular formula is C8H9N. The minimum Gasteiger partial charge on any atom is -0.269 e. The fourth-order valence-electron chi connectivity index (χ4n) is 0.267. The molecule has 0 aromatic heterocycles. The van der Waals surface area contributed by atoms with Crippen LogP contribution in [0, 0.1) is 12.3 Å². The molecule has 0 aliphatic heterocycles. The van der Waals surface area contributed by atoms with Gasteiger partial charge in [-0.1, -0.05) is 12.5 Å². The van der Waals surface area contributed by atoms with Gasteiger partial charge in [0, 0.05) is 18.0 Å². The topological polar surface area (TPSA) is 12.4 Å². The van der Waals surface area contributed by atoms with Crippen molar-refractivity contribution in [1.82, 2.24) is 0 Å². The lowest BCUT2D eigenvalue weighted by Crippen LogP contribution is -1.63. The first kappa shape index (κ1) is 7.71. The number of allylic oxidation sites excluding steroid dienone is 2. The summed E-state index contributed by atoms with van der Waals surface area (Å²) >= 11 is 0. The van der Waals surface area contributed by atoms with Gasteiger partial charge < -0.3 is 0 Å². The van der Waals surface area contributed by atoms with E-state index in [9.17, 15) is 0 Å². The van der Waals surface area contributed by atoms with Gasteiger partial charge in [0.2, 0.25) is 0 Å². The monoisotopic (exact) mass is 119 g/mol. The van der Waals surface area contributed by atoms with E-state index in [2.05, 4.69) is 17.5 Å². The van der Waals surface area contributed by atoms with Gasteiger partial charge in [0.1, 0.15) is 0 Å². The number of hydrogen-bond acceptors (Lipinski definition) is 1. The van der Waals surface area contributed by atoms with Gasteiger partial charge >= 0.3 is 0 Å². The van der Waals surface area contributed by atoms with Gasteiger partial charge in [-0.25, -0.2) is 0 Å². The van der Waals surface area contributed by atoms with E-state index < -0.39 is 0 Å². The van der Waals surface area contributed by atoms with Crippen molar-refractivity contribution < 1.29 is 0 Å². The molecule has 0 fully saturated rings. The third-order valence-corrected chi connectivity index (χ3v) is 0.696. The van der Waals surface area contributed by atoms with Crippen LogP contribution < -0.4 is 0 Å². The fourth-order valence-corrected chi connectivity index (χ4v) is 0.267. The molecule has 1 heteroatoms. The van der Waals surface area contributed by atoms with Gasteiger partial charge in [0.15, 0.2) is 0 Å². The number of nitrogens with zero attached hydrogens (tertiary/aromatic N) is 1. The third kappa shape index (κ3) is 4.57. The summed E-state index contributed by atoms with van der Waals surface area (Å²) in [5.74, 6) is 2.37. The lowest BCUT2D eigenvalue weighted by molar-refractivity contribution is 1.56. The fraction of sp³-hybridized carbons (Fsp3) is 0.125. The summed E-state index contributed by atoms with van der Waals surface area (Å²) in [7, 11) is 0. The molecule has 0 spiro atoms. The highest BCUT2D eigenvalue weighted by Gasteiger charge is 1.72. The average Bonchev–Trinajstić information content (AvgIpc) is 1.89. The first-order valence-corrected chi connectivity index (χ1v) is 2.61. The Balaban J connectivity index is 3.75. The van der Waals surface area contributed by atoms with Gasteiger partial charge in [0.25, 0.3) is 0 Å². The van der Waals surface area contributed by atoms with Crippen LogP contribution in [0.1, 0.15) is 6.92 Å². The summed E-state index contributed by atoms with van der Waals surface area (Å²) in [6.07, 6.45) is 9.98. The Labute approximate surface area is 55.8 Å². The minimum absolute atomic E-state index is 0.639. The summed E-state index contributed by atoms with van der Waals surface area (Å²) in [6.45, 7) is 5.38.